The summed E-state index contributed by atoms with van der Waals surface area (Å²) in [6.07, 6.45) is 7.79. The Morgan fingerprint density at radius 1 is 1.18 bits per heavy atom. The lowest BCUT2D eigenvalue weighted by Crippen LogP contribution is -2.38. The molecule has 3 aromatic rings. The van der Waals surface area contributed by atoms with Crippen LogP contribution in [0.3, 0.4) is 0 Å². The van der Waals surface area contributed by atoms with Gasteiger partial charge < -0.3 is 10.6 Å². The molecular weight excluding hydrogens is 276 g/mol. The van der Waals surface area contributed by atoms with Gasteiger partial charge in [-0.15, -0.1) is 5.10 Å². The summed E-state index contributed by atoms with van der Waals surface area (Å²) >= 11 is 0. The van der Waals surface area contributed by atoms with Gasteiger partial charge in [0.25, 0.3) is 0 Å². The van der Waals surface area contributed by atoms with Gasteiger partial charge in [-0.25, -0.2) is 9.50 Å². The molecule has 1 unspecified atom stereocenters. The maximum absolute atomic E-state index is 4.70. The molecular formula is C16H18N6. The van der Waals surface area contributed by atoms with Crippen LogP contribution in [0, 0.1) is 0 Å². The number of imidazole rings is 1. The Balaban J connectivity index is 1.67. The van der Waals surface area contributed by atoms with E-state index in [1.165, 1.54) is 12.8 Å². The highest BCUT2D eigenvalue weighted by molar-refractivity contribution is 5.63. The van der Waals surface area contributed by atoms with E-state index in [9.17, 15) is 0 Å². The molecule has 1 atom stereocenters. The highest BCUT2D eigenvalue weighted by Crippen LogP contribution is 2.20. The van der Waals surface area contributed by atoms with Crippen molar-refractivity contribution in [2.75, 3.05) is 18.4 Å². The van der Waals surface area contributed by atoms with Crippen molar-refractivity contribution < 1.29 is 0 Å². The number of pyridine rings is 1. The molecule has 0 saturated carbocycles. The first kappa shape index (κ1) is 13.2. The standard InChI is InChI=1S/C16H18N6/c1-2-13(10-18-7-1)20-15-3-4-16-19-11-14(22(16)21-15)12-5-8-17-9-6-12/h3-6,8-9,11,13,18H,1-2,7,10H2,(H,20,21). The molecule has 1 fully saturated rings. The molecule has 22 heavy (non-hydrogen) atoms. The minimum Gasteiger partial charge on any atom is -0.365 e. The van der Waals surface area contributed by atoms with E-state index in [1.54, 1.807) is 12.4 Å². The summed E-state index contributed by atoms with van der Waals surface area (Å²) in [7, 11) is 0. The fraction of sp³-hybridized carbons (Fsp3) is 0.312. The van der Waals surface area contributed by atoms with Gasteiger partial charge in [-0.05, 0) is 43.7 Å². The van der Waals surface area contributed by atoms with Gasteiger partial charge in [0.05, 0.1) is 11.9 Å². The van der Waals surface area contributed by atoms with Gasteiger partial charge in [0.15, 0.2) is 5.65 Å². The van der Waals surface area contributed by atoms with Crippen LogP contribution >= 0.6 is 0 Å². The number of anilines is 1. The van der Waals surface area contributed by atoms with Crippen LogP contribution in [0.5, 0.6) is 0 Å². The number of nitrogens with one attached hydrogen (secondary N) is 2. The van der Waals surface area contributed by atoms with Crippen LogP contribution in [-0.2, 0) is 0 Å². The smallest absolute Gasteiger partial charge is 0.154 e. The summed E-state index contributed by atoms with van der Waals surface area (Å²) in [5.41, 5.74) is 2.88. The minimum absolute atomic E-state index is 0.437. The second-order valence-corrected chi connectivity index (χ2v) is 5.56. The molecule has 6 nitrogen and oxygen atoms in total. The molecule has 3 aromatic heterocycles. The van der Waals surface area contributed by atoms with Crippen molar-refractivity contribution in [3.05, 3.63) is 42.9 Å². The molecule has 1 saturated heterocycles. The zero-order valence-corrected chi connectivity index (χ0v) is 12.2. The lowest BCUT2D eigenvalue weighted by atomic mass is 10.1. The summed E-state index contributed by atoms with van der Waals surface area (Å²) in [6.45, 7) is 2.10. The third-order valence-corrected chi connectivity index (χ3v) is 3.99. The molecule has 0 aromatic carbocycles. The van der Waals surface area contributed by atoms with Crippen LogP contribution in [0.1, 0.15) is 12.8 Å². The molecule has 112 valence electrons. The molecule has 4 rings (SSSR count). The van der Waals surface area contributed by atoms with E-state index in [-0.39, 0.29) is 0 Å². The summed E-state index contributed by atoms with van der Waals surface area (Å²) < 4.78 is 1.88. The molecule has 0 radical (unpaired) electrons. The van der Waals surface area contributed by atoms with Gasteiger partial charge in [0.2, 0.25) is 0 Å². The first-order valence-electron chi connectivity index (χ1n) is 7.62. The van der Waals surface area contributed by atoms with E-state index >= 15 is 0 Å². The van der Waals surface area contributed by atoms with Crippen molar-refractivity contribution in [3.8, 4) is 11.3 Å². The van der Waals surface area contributed by atoms with Gasteiger partial charge in [-0.1, -0.05) is 0 Å². The fourth-order valence-corrected chi connectivity index (χ4v) is 2.85. The van der Waals surface area contributed by atoms with Gasteiger partial charge in [-0.3, -0.25) is 4.98 Å². The lowest BCUT2D eigenvalue weighted by molar-refractivity contribution is 0.478. The third-order valence-electron chi connectivity index (χ3n) is 3.99. The first-order valence-corrected chi connectivity index (χ1v) is 7.62. The van der Waals surface area contributed by atoms with Crippen LogP contribution in [0.25, 0.3) is 16.9 Å². The molecule has 1 aliphatic rings. The number of rotatable bonds is 3. The van der Waals surface area contributed by atoms with Gasteiger partial charge >= 0.3 is 0 Å². The van der Waals surface area contributed by atoms with Crippen molar-refractivity contribution in [1.82, 2.24) is 24.9 Å². The topological polar surface area (TPSA) is 67.1 Å². The second kappa shape index (κ2) is 5.73. The van der Waals surface area contributed by atoms with Crippen molar-refractivity contribution in [2.45, 2.75) is 18.9 Å². The molecule has 4 heterocycles. The molecule has 2 N–H and O–H groups in total. The number of hydrogen-bond donors (Lipinski definition) is 2. The number of piperidine rings is 1. The summed E-state index contributed by atoms with van der Waals surface area (Å²) in [4.78, 5) is 8.48. The van der Waals surface area contributed by atoms with Crippen molar-refractivity contribution in [2.24, 2.45) is 0 Å². The predicted molar refractivity (Wildman–Crippen MR) is 85.7 cm³/mol. The van der Waals surface area contributed by atoms with Crippen molar-refractivity contribution in [1.29, 1.82) is 0 Å². The van der Waals surface area contributed by atoms with E-state index in [2.05, 4.69) is 20.6 Å². The number of hydrogen-bond acceptors (Lipinski definition) is 5. The fourth-order valence-electron chi connectivity index (χ4n) is 2.85. The Morgan fingerprint density at radius 3 is 2.91 bits per heavy atom. The van der Waals surface area contributed by atoms with Crippen molar-refractivity contribution >= 4 is 11.5 Å². The predicted octanol–water partition coefficient (Wildman–Crippen LogP) is 1.96. The maximum Gasteiger partial charge on any atom is 0.154 e. The normalized spacial score (nSPS) is 18.5. The summed E-state index contributed by atoms with van der Waals surface area (Å²) in [5.74, 6) is 0.884. The van der Waals surface area contributed by atoms with Crippen molar-refractivity contribution in [3.63, 3.8) is 0 Å². The maximum atomic E-state index is 4.70. The van der Waals surface area contributed by atoms with E-state index in [0.717, 1.165) is 35.8 Å². The Morgan fingerprint density at radius 2 is 2.09 bits per heavy atom. The zero-order valence-electron chi connectivity index (χ0n) is 12.2. The Hall–Kier alpha value is -2.47. The first-order chi connectivity index (χ1) is 10.9. The molecule has 6 heteroatoms. The van der Waals surface area contributed by atoms with E-state index < -0.39 is 0 Å². The van der Waals surface area contributed by atoms with Crippen LogP contribution in [0.2, 0.25) is 0 Å². The highest BCUT2D eigenvalue weighted by Gasteiger charge is 2.14. The Bertz CT molecular complexity index is 761. The average Bonchev–Trinajstić information content (AvgIpc) is 3.00. The summed E-state index contributed by atoms with van der Waals surface area (Å²) in [6, 6.07) is 8.36. The number of fused-ring (bicyclic) bond motifs is 1. The average molecular weight is 294 g/mol. The Kier molecular flexibility index (Phi) is 3.44. The van der Waals surface area contributed by atoms with E-state index in [0.29, 0.717) is 6.04 Å². The molecule has 0 bridgehead atoms. The van der Waals surface area contributed by atoms with Crippen LogP contribution in [-0.4, -0.2) is 38.7 Å². The SMILES string of the molecule is c1cc(-c2cnc3ccc(NC4CCCNC4)nn23)ccn1. The van der Waals surface area contributed by atoms with E-state index in [4.69, 9.17) is 5.10 Å². The van der Waals surface area contributed by atoms with Gasteiger partial charge in [0.1, 0.15) is 5.82 Å². The Labute approximate surface area is 128 Å². The van der Waals surface area contributed by atoms with Gasteiger partial charge in [-0.2, -0.15) is 0 Å². The molecule has 0 spiro atoms. The minimum atomic E-state index is 0.437. The van der Waals surface area contributed by atoms with Crippen LogP contribution in [0.4, 0.5) is 5.82 Å². The zero-order chi connectivity index (χ0) is 14.8. The second-order valence-electron chi connectivity index (χ2n) is 5.56. The molecule has 0 amide bonds. The number of aromatic nitrogens is 4. The molecule has 1 aliphatic heterocycles. The lowest BCUT2D eigenvalue weighted by Gasteiger charge is -2.24. The van der Waals surface area contributed by atoms with Crippen LogP contribution < -0.4 is 10.6 Å². The van der Waals surface area contributed by atoms with Gasteiger partial charge in [0, 0.05) is 30.5 Å². The highest BCUT2D eigenvalue weighted by atomic mass is 15.3. The van der Waals surface area contributed by atoms with E-state index in [1.807, 2.05) is 35.0 Å². The third kappa shape index (κ3) is 2.53. The quantitative estimate of drug-likeness (QED) is 0.773. The monoisotopic (exact) mass is 294 g/mol. The number of nitrogens with zero attached hydrogens (tertiary/aromatic N) is 4. The van der Waals surface area contributed by atoms with Crippen LogP contribution in [0.15, 0.2) is 42.9 Å². The summed E-state index contributed by atoms with van der Waals surface area (Å²) in [5, 5.41) is 11.6. The molecule has 0 aliphatic carbocycles. The largest absolute Gasteiger partial charge is 0.365 e.